The molecular weight excluding hydrogens is 1170 g/mol. The number of esters is 5. The molecule has 0 saturated heterocycles. The predicted molar refractivity (Wildman–Crippen MR) is 369 cm³/mol. The van der Waals surface area contributed by atoms with Crippen molar-refractivity contribution in [2.45, 2.75) is 214 Å². The molecular formula is C79H108O14. The number of unbranched alkanes of at least 4 members (excludes halogenated alkanes) is 12. The van der Waals surface area contributed by atoms with E-state index in [0.29, 0.717) is 51.4 Å². The van der Waals surface area contributed by atoms with E-state index in [-0.39, 0.29) is 59.5 Å². The maximum atomic E-state index is 12.8. The Morgan fingerprint density at radius 3 is 0.742 bits per heavy atom. The Hall–Kier alpha value is -7.61. The molecule has 4 aromatic rings. The van der Waals surface area contributed by atoms with Crippen LogP contribution in [0.2, 0.25) is 0 Å². The van der Waals surface area contributed by atoms with Gasteiger partial charge in [0.25, 0.3) is 0 Å². The zero-order valence-corrected chi connectivity index (χ0v) is 57.0. The molecule has 1 aliphatic rings. The molecule has 14 heteroatoms. The average molecular weight is 1280 g/mol. The Labute approximate surface area is 556 Å². The molecule has 0 aliphatic heterocycles. The molecule has 5 rings (SSSR count). The van der Waals surface area contributed by atoms with Crippen molar-refractivity contribution in [3.8, 4) is 23.0 Å². The SMILES string of the molecule is C=CC(=O)OCCCOc1c2cc(CCCCCC)cc1Cc1cc(CCCCCC)cc(c1OCCCOC(=O)C=C)Cc1cc(CCCCCC)cc(c1OCCCOC(=O)/C=C\C(=O)OCC)Cc1cc(CCCCCC)cc(c1OCCCOC(=O)C=C)C2. The van der Waals surface area contributed by atoms with Crippen molar-refractivity contribution in [1.29, 1.82) is 0 Å². The largest absolute Gasteiger partial charge is 0.493 e. The number of aryl methyl sites for hydroxylation is 4. The number of carbonyl (C=O) groups is 5. The van der Waals surface area contributed by atoms with E-state index in [4.69, 9.17) is 42.6 Å². The van der Waals surface area contributed by atoms with Crippen molar-refractivity contribution >= 4 is 29.8 Å². The highest BCUT2D eigenvalue weighted by Crippen LogP contribution is 2.42. The molecule has 1 aliphatic carbocycles. The summed E-state index contributed by atoms with van der Waals surface area (Å²) in [5.74, 6) is 0.255. The van der Waals surface area contributed by atoms with E-state index < -0.39 is 29.8 Å². The van der Waals surface area contributed by atoms with Crippen LogP contribution < -0.4 is 18.9 Å². The monoisotopic (exact) mass is 1280 g/mol. The van der Waals surface area contributed by atoms with Gasteiger partial charge in [0.2, 0.25) is 0 Å². The lowest BCUT2D eigenvalue weighted by Gasteiger charge is -2.25. The molecule has 0 heterocycles. The zero-order chi connectivity index (χ0) is 66.8. The van der Waals surface area contributed by atoms with E-state index >= 15 is 0 Å². The molecule has 0 aromatic heterocycles. The Balaban J connectivity index is 1.89. The minimum atomic E-state index is -0.654. The van der Waals surface area contributed by atoms with Gasteiger partial charge < -0.3 is 42.6 Å². The number of carbonyl (C=O) groups excluding carboxylic acids is 5. The third-order valence-electron chi connectivity index (χ3n) is 16.3. The second-order valence-corrected chi connectivity index (χ2v) is 24.1. The molecule has 0 N–H and O–H groups in total. The summed E-state index contributed by atoms with van der Waals surface area (Å²) >= 11 is 0. The maximum Gasteiger partial charge on any atom is 0.331 e. The second-order valence-electron chi connectivity index (χ2n) is 24.1. The highest BCUT2D eigenvalue weighted by atomic mass is 16.6. The molecule has 0 saturated carbocycles. The van der Waals surface area contributed by atoms with E-state index in [9.17, 15) is 24.0 Å². The number of hydrogen-bond acceptors (Lipinski definition) is 14. The summed E-state index contributed by atoms with van der Waals surface area (Å²) in [5.41, 5.74) is 12.8. The Kier molecular flexibility index (Phi) is 36.7. The lowest BCUT2D eigenvalue weighted by atomic mass is 9.87. The third kappa shape index (κ3) is 28.3. The van der Waals surface area contributed by atoms with Gasteiger partial charge in [0.05, 0.1) is 59.5 Å². The van der Waals surface area contributed by atoms with Gasteiger partial charge in [-0.25, -0.2) is 24.0 Å². The Bertz CT molecular complexity index is 2880. The molecule has 0 atom stereocenters. The third-order valence-corrected chi connectivity index (χ3v) is 16.3. The fourth-order valence-corrected chi connectivity index (χ4v) is 11.7. The smallest absolute Gasteiger partial charge is 0.331 e. The van der Waals surface area contributed by atoms with E-state index in [2.05, 4.69) is 96.0 Å². The standard InChI is InChI=1S/C79H108O14/c1-9-17-21-25-33-59-47-63-55-65-49-60(34-26-22-18-10-2)51-67(77(65)91-44-30-40-87-72(81)14-6)57-69-53-62(36-28-24-20-12-4)54-70(79(69)93-46-32-42-89-75(84)38-37-74(83)85-16-8)58-68-52-61(35-27-23-19-11-3)50-66(78(68)92-45-31-41-88-73(82)15-7)56-64(48-59)76(63)90-43-29-39-86-71(80)13-5/h13-15,37-38,47-54H,5-7,9-12,16-36,39-46,55-58H2,1-4,8H3/b38-37-. The quantitative estimate of drug-likeness (QED) is 0.0156. The Morgan fingerprint density at radius 1 is 0.301 bits per heavy atom. The van der Waals surface area contributed by atoms with Crippen LogP contribution in [-0.4, -0.2) is 89.3 Å². The van der Waals surface area contributed by atoms with Crippen LogP contribution in [0.25, 0.3) is 0 Å². The number of fused-ring (bicyclic) bond motifs is 8. The minimum absolute atomic E-state index is 0.0499. The normalized spacial score (nSPS) is 11.8. The van der Waals surface area contributed by atoms with Crippen molar-refractivity contribution < 1.29 is 66.6 Å². The number of hydrogen-bond donors (Lipinski definition) is 0. The van der Waals surface area contributed by atoms with Gasteiger partial charge in [-0.05, 0) is 125 Å². The average Bonchev–Trinajstić information content (AvgIpc) is 0.801. The van der Waals surface area contributed by atoms with Crippen molar-refractivity contribution in [3.05, 3.63) is 165 Å². The van der Waals surface area contributed by atoms with Gasteiger partial charge in [-0.15, -0.1) is 0 Å². The first-order valence-electron chi connectivity index (χ1n) is 34.9. The first-order chi connectivity index (χ1) is 45.4. The van der Waals surface area contributed by atoms with Gasteiger partial charge >= 0.3 is 29.8 Å². The number of ether oxygens (including phenoxy) is 9. The Morgan fingerprint density at radius 2 is 0.527 bits per heavy atom. The van der Waals surface area contributed by atoms with Gasteiger partial charge in [0.1, 0.15) is 23.0 Å². The fraction of sp³-hybridized carbons (Fsp3) is 0.532. The molecule has 93 heavy (non-hydrogen) atoms. The molecule has 8 bridgehead atoms. The molecule has 0 radical (unpaired) electrons. The van der Waals surface area contributed by atoms with Crippen molar-refractivity contribution in [3.63, 3.8) is 0 Å². The molecule has 14 nitrogen and oxygen atoms in total. The topological polar surface area (TPSA) is 168 Å². The number of rotatable bonds is 46. The summed E-state index contributed by atoms with van der Waals surface area (Å²) in [6, 6.07) is 18.5. The molecule has 0 spiro atoms. The van der Waals surface area contributed by atoms with Crippen molar-refractivity contribution in [2.24, 2.45) is 0 Å². The molecule has 4 aromatic carbocycles. The first kappa shape index (κ1) is 76.1. The van der Waals surface area contributed by atoms with Crippen molar-refractivity contribution in [2.75, 3.05) is 59.5 Å². The summed E-state index contributed by atoms with van der Waals surface area (Å²) in [6.07, 6.45) is 30.1. The summed E-state index contributed by atoms with van der Waals surface area (Å²) in [6.45, 7) is 23.1. The van der Waals surface area contributed by atoms with Crippen molar-refractivity contribution in [1.82, 2.24) is 0 Å². The van der Waals surface area contributed by atoms with E-state index in [1.807, 2.05) is 0 Å². The first-order valence-corrected chi connectivity index (χ1v) is 34.9. The van der Waals surface area contributed by atoms with E-state index in [1.54, 1.807) is 6.92 Å². The summed E-state index contributed by atoms with van der Waals surface area (Å²) in [4.78, 5) is 61.7. The van der Waals surface area contributed by atoms with Crippen LogP contribution in [0, 0.1) is 0 Å². The summed E-state index contributed by atoms with van der Waals surface area (Å²) < 4.78 is 55.5. The van der Waals surface area contributed by atoms with E-state index in [1.165, 1.54) is 40.5 Å². The second kappa shape index (κ2) is 44.8. The maximum absolute atomic E-state index is 12.8. The molecule has 0 amide bonds. The number of benzene rings is 4. The highest BCUT2D eigenvalue weighted by molar-refractivity contribution is 5.91. The van der Waals surface area contributed by atoms with Gasteiger partial charge in [0, 0.05) is 81.7 Å². The predicted octanol–water partition coefficient (Wildman–Crippen LogP) is 16.8. The molecule has 0 unspecified atom stereocenters. The van der Waals surface area contributed by atoms with Gasteiger partial charge in [0.15, 0.2) is 0 Å². The fourth-order valence-electron chi connectivity index (χ4n) is 11.7. The van der Waals surface area contributed by atoms with E-state index in [0.717, 1.165) is 208 Å². The van der Waals surface area contributed by atoms with Crippen LogP contribution in [0.5, 0.6) is 23.0 Å². The van der Waals surface area contributed by atoms with Gasteiger partial charge in [-0.3, -0.25) is 0 Å². The van der Waals surface area contributed by atoms with Crippen LogP contribution in [-0.2, 0) is 99.0 Å². The molecule has 0 fully saturated rings. The lowest BCUT2D eigenvalue weighted by molar-refractivity contribution is -0.140. The summed E-state index contributed by atoms with van der Waals surface area (Å²) in [5, 5.41) is 0. The van der Waals surface area contributed by atoms with Crippen LogP contribution in [0.3, 0.4) is 0 Å². The zero-order valence-electron chi connectivity index (χ0n) is 57.0. The van der Waals surface area contributed by atoms with Crippen LogP contribution in [0.15, 0.2) is 98.6 Å². The molecule has 508 valence electrons. The van der Waals surface area contributed by atoms with Gasteiger partial charge in [-0.1, -0.05) is 173 Å². The minimum Gasteiger partial charge on any atom is -0.493 e. The highest BCUT2D eigenvalue weighted by Gasteiger charge is 2.26. The van der Waals surface area contributed by atoms with Crippen LogP contribution in [0.1, 0.15) is 230 Å². The van der Waals surface area contributed by atoms with Gasteiger partial charge in [-0.2, -0.15) is 0 Å². The summed E-state index contributed by atoms with van der Waals surface area (Å²) in [7, 11) is 0. The lowest BCUT2D eigenvalue weighted by Crippen LogP contribution is -2.14. The van der Waals surface area contributed by atoms with Crippen LogP contribution in [0.4, 0.5) is 0 Å². The van der Waals surface area contributed by atoms with Crippen LogP contribution >= 0.6 is 0 Å².